The number of rotatable bonds is 6. The maximum absolute atomic E-state index is 12.6. The summed E-state index contributed by atoms with van der Waals surface area (Å²) in [5.74, 6) is -1.19. The van der Waals surface area contributed by atoms with E-state index >= 15 is 0 Å². The van der Waals surface area contributed by atoms with E-state index in [2.05, 4.69) is 0 Å². The van der Waals surface area contributed by atoms with Gasteiger partial charge in [-0.05, 0) is 24.6 Å². The minimum absolute atomic E-state index is 0.0140. The highest BCUT2D eigenvalue weighted by Crippen LogP contribution is 2.57. The van der Waals surface area contributed by atoms with Crippen LogP contribution in [-0.4, -0.2) is 22.2 Å². The van der Waals surface area contributed by atoms with Crippen LogP contribution in [0.5, 0.6) is 0 Å². The van der Waals surface area contributed by atoms with Crippen LogP contribution in [0.1, 0.15) is 17.0 Å². The highest BCUT2D eigenvalue weighted by atomic mass is 32.2. The Labute approximate surface area is 136 Å². The second-order valence-electron chi connectivity index (χ2n) is 5.22. The van der Waals surface area contributed by atoms with Crippen molar-refractivity contribution in [2.24, 2.45) is 0 Å². The summed E-state index contributed by atoms with van der Waals surface area (Å²) in [5, 5.41) is 0. The van der Waals surface area contributed by atoms with Crippen LogP contribution >= 0.6 is 7.37 Å². The average molecular weight is 354 g/mol. The van der Waals surface area contributed by atoms with E-state index in [-0.39, 0.29) is 4.90 Å². The van der Waals surface area contributed by atoms with Gasteiger partial charge in [0.25, 0.3) is 10.1 Å². The summed E-state index contributed by atoms with van der Waals surface area (Å²) in [6.07, 6.45) is 0. The van der Waals surface area contributed by atoms with Crippen molar-refractivity contribution in [3.05, 3.63) is 65.7 Å². The molecule has 0 radical (unpaired) electrons. The molecule has 0 spiro atoms. The Bertz CT molecular complexity index is 800. The lowest BCUT2D eigenvalue weighted by atomic mass is 10.2. The summed E-state index contributed by atoms with van der Waals surface area (Å²) in [7, 11) is -6.13. The normalized spacial score (nSPS) is 15.8. The van der Waals surface area contributed by atoms with Crippen LogP contribution in [0.25, 0.3) is 0 Å². The Balaban J connectivity index is 2.42. The molecule has 2 atom stereocenters. The summed E-state index contributed by atoms with van der Waals surface area (Å²) < 4.78 is 47.9. The van der Waals surface area contributed by atoms with E-state index in [1.54, 1.807) is 42.5 Å². The van der Waals surface area contributed by atoms with Crippen molar-refractivity contribution in [1.82, 2.24) is 0 Å². The van der Waals surface area contributed by atoms with E-state index in [9.17, 15) is 13.0 Å². The van der Waals surface area contributed by atoms with Crippen LogP contribution in [-0.2, 0) is 23.4 Å². The second-order valence-corrected chi connectivity index (χ2v) is 9.44. The Hall–Kier alpha value is -1.46. The van der Waals surface area contributed by atoms with E-state index in [4.69, 9.17) is 8.71 Å². The lowest BCUT2D eigenvalue weighted by Gasteiger charge is -2.23. The molecular formula is C16H19O5PS. The van der Waals surface area contributed by atoms with Gasteiger partial charge in [0.2, 0.25) is 7.37 Å². The number of aryl methyl sites for hydroxylation is 1. The highest BCUT2D eigenvalue weighted by Gasteiger charge is 2.35. The zero-order valence-electron chi connectivity index (χ0n) is 13.2. The molecule has 2 aromatic rings. The lowest BCUT2D eigenvalue weighted by Crippen LogP contribution is -2.13. The minimum Gasteiger partial charge on any atom is -0.330 e. The zero-order valence-corrected chi connectivity index (χ0v) is 14.9. The number of benzene rings is 2. The molecule has 5 nitrogen and oxygen atoms in total. The fourth-order valence-electron chi connectivity index (χ4n) is 2.00. The first-order chi connectivity index (χ1) is 10.8. The Morgan fingerprint density at radius 3 is 2.09 bits per heavy atom. The maximum Gasteiger partial charge on any atom is 0.298 e. The molecule has 0 aromatic heterocycles. The number of hydrogen-bond acceptors (Lipinski definition) is 5. The molecule has 0 saturated heterocycles. The van der Waals surface area contributed by atoms with Gasteiger partial charge in [-0.3, -0.25) is 4.57 Å². The van der Waals surface area contributed by atoms with Crippen LogP contribution in [0, 0.1) is 6.92 Å². The molecule has 7 heteroatoms. The molecule has 2 rings (SSSR count). The predicted octanol–water partition coefficient (Wildman–Crippen LogP) is 3.95. The summed E-state index contributed by atoms with van der Waals surface area (Å²) in [4.78, 5) is 0.0140. The topological polar surface area (TPSA) is 69.7 Å². The Morgan fingerprint density at radius 1 is 1.00 bits per heavy atom. The second kappa shape index (κ2) is 6.97. The smallest absolute Gasteiger partial charge is 0.298 e. The van der Waals surface area contributed by atoms with E-state index in [1.165, 1.54) is 25.9 Å². The molecule has 2 aromatic carbocycles. The fourth-order valence-corrected chi connectivity index (χ4v) is 4.80. The molecular weight excluding hydrogens is 335 g/mol. The van der Waals surface area contributed by atoms with Crippen molar-refractivity contribution in [3.63, 3.8) is 0 Å². The molecule has 23 heavy (non-hydrogen) atoms. The SMILES string of the molecule is COP(C)(=O)C(OS(=O)(=O)c1ccc(C)cc1)c1ccccc1. The predicted molar refractivity (Wildman–Crippen MR) is 89.2 cm³/mol. The van der Waals surface area contributed by atoms with Crippen molar-refractivity contribution in [2.45, 2.75) is 17.7 Å². The third kappa shape index (κ3) is 4.30. The quantitative estimate of drug-likeness (QED) is 0.580. The van der Waals surface area contributed by atoms with Crippen molar-refractivity contribution in [1.29, 1.82) is 0 Å². The van der Waals surface area contributed by atoms with Gasteiger partial charge >= 0.3 is 0 Å². The Kier molecular flexibility index (Phi) is 5.42. The molecule has 0 aliphatic rings. The van der Waals surface area contributed by atoms with Gasteiger partial charge in [-0.15, -0.1) is 0 Å². The van der Waals surface area contributed by atoms with E-state index in [0.29, 0.717) is 5.56 Å². The fraction of sp³-hybridized carbons (Fsp3) is 0.250. The van der Waals surface area contributed by atoms with E-state index in [0.717, 1.165) is 5.56 Å². The first-order valence-electron chi connectivity index (χ1n) is 6.94. The summed E-state index contributed by atoms with van der Waals surface area (Å²) in [6.45, 7) is 3.21. The molecule has 0 N–H and O–H groups in total. The molecule has 0 amide bonds. The molecule has 0 bridgehead atoms. The maximum atomic E-state index is 12.6. The van der Waals surface area contributed by atoms with Crippen LogP contribution in [0.15, 0.2) is 59.5 Å². The van der Waals surface area contributed by atoms with Crippen molar-refractivity contribution in [3.8, 4) is 0 Å². The minimum atomic E-state index is -4.07. The molecule has 0 fully saturated rings. The first-order valence-corrected chi connectivity index (χ1v) is 10.5. The van der Waals surface area contributed by atoms with Crippen LogP contribution in [0.3, 0.4) is 0 Å². The molecule has 0 aliphatic heterocycles. The van der Waals surface area contributed by atoms with Crippen molar-refractivity contribution in [2.75, 3.05) is 13.8 Å². The lowest BCUT2D eigenvalue weighted by molar-refractivity contribution is 0.253. The highest BCUT2D eigenvalue weighted by molar-refractivity contribution is 7.87. The molecule has 0 aliphatic carbocycles. The van der Waals surface area contributed by atoms with Crippen molar-refractivity contribution >= 4 is 17.5 Å². The number of hydrogen-bond donors (Lipinski definition) is 0. The summed E-state index contributed by atoms with van der Waals surface area (Å²) >= 11 is 0. The van der Waals surface area contributed by atoms with Gasteiger partial charge in [0.1, 0.15) is 0 Å². The standard InChI is InChI=1S/C16H19O5PS/c1-13-9-11-15(12-10-13)23(18,19)21-16(22(3,17)20-2)14-7-5-4-6-8-14/h4-12,16H,1-3H3. The van der Waals surface area contributed by atoms with Gasteiger partial charge in [-0.1, -0.05) is 48.0 Å². The summed E-state index contributed by atoms with van der Waals surface area (Å²) in [5.41, 5.74) is 1.41. The Morgan fingerprint density at radius 2 is 1.57 bits per heavy atom. The molecule has 0 saturated carbocycles. The van der Waals surface area contributed by atoms with Gasteiger partial charge in [0, 0.05) is 13.8 Å². The van der Waals surface area contributed by atoms with E-state index < -0.39 is 23.3 Å². The monoisotopic (exact) mass is 354 g/mol. The van der Waals surface area contributed by atoms with Gasteiger partial charge in [0.05, 0.1) is 4.90 Å². The van der Waals surface area contributed by atoms with Gasteiger partial charge < -0.3 is 4.52 Å². The van der Waals surface area contributed by atoms with Gasteiger partial charge in [0.15, 0.2) is 5.85 Å². The third-order valence-corrected chi connectivity index (χ3v) is 6.82. The summed E-state index contributed by atoms with van der Waals surface area (Å²) in [6, 6.07) is 14.8. The van der Waals surface area contributed by atoms with Gasteiger partial charge in [-0.25, -0.2) is 4.18 Å². The van der Waals surface area contributed by atoms with Crippen LogP contribution in [0.4, 0.5) is 0 Å². The van der Waals surface area contributed by atoms with Crippen LogP contribution < -0.4 is 0 Å². The van der Waals surface area contributed by atoms with Gasteiger partial charge in [-0.2, -0.15) is 8.42 Å². The largest absolute Gasteiger partial charge is 0.330 e. The van der Waals surface area contributed by atoms with Crippen LogP contribution in [0.2, 0.25) is 0 Å². The molecule has 124 valence electrons. The average Bonchev–Trinajstić information content (AvgIpc) is 2.54. The zero-order chi connectivity index (χ0) is 17.1. The third-order valence-electron chi connectivity index (χ3n) is 3.40. The molecule has 0 heterocycles. The van der Waals surface area contributed by atoms with Crippen molar-refractivity contribution < 1.29 is 21.7 Å². The molecule has 2 unspecified atom stereocenters. The van der Waals surface area contributed by atoms with E-state index in [1.807, 2.05) is 6.92 Å². The first kappa shape index (κ1) is 17.9.